The van der Waals surface area contributed by atoms with Gasteiger partial charge in [0.2, 0.25) is 0 Å². The zero-order chi connectivity index (χ0) is 20.4. The summed E-state index contributed by atoms with van der Waals surface area (Å²) in [6, 6.07) is 5.66. The van der Waals surface area contributed by atoms with Crippen LogP contribution in [0.5, 0.6) is 0 Å². The molecule has 144 valence electrons. The molecule has 0 radical (unpaired) electrons. The fraction of sp³-hybridized carbons (Fsp3) is 0.333. The third-order valence-corrected chi connectivity index (χ3v) is 2.83. The van der Waals surface area contributed by atoms with Crippen molar-refractivity contribution in [1.82, 2.24) is 0 Å². The SMILES string of the molecule is C=C/C=C(\C=C)ONc1ccc2c(c1)B(O)OCC2.C=CC.CC.CC. The molecule has 0 saturated heterocycles. The van der Waals surface area contributed by atoms with Crippen LogP contribution in [0.3, 0.4) is 0 Å². The molecule has 26 heavy (non-hydrogen) atoms. The van der Waals surface area contributed by atoms with Crippen LogP contribution in [0.25, 0.3) is 0 Å². The van der Waals surface area contributed by atoms with E-state index in [1.165, 1.54) is 0 Å². The molecule has 0 bridgehead atoms. The van der Waals surface area contributed by atoms with Gasteiger partial charge in [-0.25, -0.2) is 5.48 Å². The number of benzene rings is 1. The molecule has 0 aromatic heterocycles. The molecular weight excluding hydrogens is 325 g/mol. The van der Waals surface area contributed by atoms with E-state index in [0.717, 1.165) is 23.1 Å². The molecule has 2 N–H and O–H groups in total. The van der Waals surface area contributed by atoms with Crippen molar-refractivity contribution in [2.75, 3.05) is 12.1 Å². The van der Waals surface area contributed by atoms with Gasteiger partial charge in [-0.05, 0) is 48.7 Å². The first-order valence-corrected chi connectivity index (χ1v) is 9.03. The van der Waals surface area contributed by atoms with Crippen molar-refractivity contribution >= 4 is 18.3 Å². The molecule has 1 heterocycles. The highest BCUT2D eigenvalue weighted by Crippen LogP contribution is 2.13. The van der Waals surface area contributed by atoms with E-state index in [1.54, 1.807) is 24.3 Å². The maximum absolute atomic E-state index is 9.76. The lowest BCUT2D eigenvalue weighted by Gasteiger charge is -2.20. The van der Waals surface area contributed by atoms with Crippen LogP contribution in [0, 0.1) is 0 Å². The molecular formula is C21H34BNO3. The predicted octanol–water partition coefficient (Wildman–Crippen LogP) is 4.79. The summed E-state index contributed by atoms with van der Waals surface area (Å²) in [5.41, 5.74) is 5.40. The molecule has 1 aromatic rings. The van der Waals surface area contributed by atoms with Crippen molar-refractivity contribution in [2.45, 2.75) is 41.0 Å². The summed E-state index contributed by atoms with van der Waals surface area (Å²) in [6.07, 6.45) is 7.44. The Kier molecular flexibility index (Phi) is 17.6. The van der Waals surface area contributed by atoms with Gasteiger partial charge in [0.15, 0.2) is 5.76 Å². The summed E-state index contributed by atoms with van der Waals surface area (Å²) in [4.78, 5) is 5.34. The van der Waals surface area contributed by atoms with E-state index < -0.39 is 7.12 Å². The minimum Gasteiger partial charge on any atom is -0.423 e. The first-order valence-electron chi connectivity index (χ1n) is 9.03. The lowest BCUT2D eigenvalue weighted by Crippen LogP contribution is -2.41. The summed E-state index contributed by atoms with van der Waals surface area (Å²) in [5, 5.41) is 9.76. The minimum absolute atomic E-state index is 0.542. The van der Waals surface area contributed by atoms with Crippen LogP contribution in [0.2, 0.25) is 0 Å². The van der Waals surface area contributed by atoms with Crippen LogP contribution in [-0.2, 0) is 15.9 Å². The van der Waals surface area contributed by atoms with Crippen LogP contribution in [0.1, 0.15) is 40.2 Å². The number of nitrogens with one attached hydrogen (secondary N) is 1. The molecule has 2 rings (SSSR count). The van der Waals surface area contributed by atoms with E-state index in [1.807, 2.05) is 52.8 Å². The van der Waals surface area contributed by atoms with E-state index in [-0.39, 0.29) is 0 Å². The van der Waals surface area contributed by atoms with Crippen LogP contribution >= 0.6 is 0 Å². The number of allylic oxidation sites excluding steroid dienone is 4. The first-order chi connectivity index (χ1) is 12.7. The van der Waals surface area contributed by atoms with Crippen molar-refractivity contribution in [2.24, 2.45) is 0 Å². The van der Waals surface area contributed by atoms with Crippen molar-refractivity contribution < 1.29 is 14.5 Å². The van der Waals surface area contributed by atoms with Gasteiger partial charge in [-0.15, -0.1) is 6.58 Å². The van der Waals surface area contributed by atoms with Crippen molar-refractivity contribution in [1.29, 1.82) is 0 Å². The summed E-state index contributed by atoms with van der Waals surface area (Å²) >= 11 is 0. The van der Waals surface area contributed by atoms with Crippen LogP contribution in [0.15, 0.2) is 68.0 Å². The van der Waals surface area contributed by atoms with Gasteiger partial charge in [-0.2, -0.15) is 0 Å². The second-order valence-electron chi connectivity index (χ2n) is 4.51. The van der Waals surface area contributed by atoms with Crippen LogP contribution in [-0.4, -0.2) is 18.7 Å². The maximum atomic E-state index is 9.76. The molecule has 4 nitrogen and oxygen atoms in total. The average molecular weight is 359 g/mol. The highest BCUT2D eigenvalue weighted by Gasteiger charge is 2.24. The fourth-order valence-corrected chi connectivity index (χ4v) is 1.86. The number of hydrogen-bond acceptors (Lipinski definition) is 4. The molecule has 5 heteroatoms. The predicted molar refractivity (Wildman–Crippen MR) is 115 cm³/mol. The van der Waals surface area contributed by atoms with Gasteiger partial charge in [0.25, 0.3) is 0 Å². The van der Waals surface area contributed by atoms with Crippen molar-refractivity contribution in [3.8, 4) is 0 Å². The maximum Gasteiger partial charge on any atom is 0.491 e. The van der Waals surface area contributed by atoms with Gasteiger partial charge < -0.3 is 14.5 Å². The Hall–Kier alpha value is -2.24. The molecule has 1 aliphatic rings. The third-order valence-electron chi connectivity index (χ3n) is 2.83. The minimum atomic E-state index is -0.868. The Bertz CT molecular complexity index is 556. The topological polar surface area (TPSA) is 50.7 Å². The fourth-order valence-electron chi connectivity index (χ4n) is 1.86. The molecule has 1 aromatic carbocycles. The largest absolute Gasteiger partial charge is 0.491 e. The van der Waals surface area contributed by atoms with Crippen LogP contribution in [0.4, 0.5) is 5.69 Å². The van der Waals surface area contributed by atoms with Crippen molar-refractivity contribution in [3.05, 3.63) is 73.6 Å². The summed E-state index contributed by atoms with van der Waals surface area (Å²) in [5.74, 6) is 0.560. The van der Waals surface area contributed by atoms with Gasteiger partial charge in [-0.3, -0.25) is 0 Å². The molecule has 0 atom stereocenters. The van der Waals surface area contributed by atoms with Gasteiger partial charge in [0, 0.05) is 6.61 Å². The monoisotopic (exact) mass is 359 g/mol. The van der Waals surface area contributed by atoms with E-state index in [9.17, 15) is 5.02 Å². The van der Waals surface area contributed by atoms with E-state index >= 15 is 0 Å². The molecule has 0 spiro atoms. The summed E-state index contributed by atoms with van der Waals surface area (Å²) < 4.78 is 5.19. The molecule has 1 aliphatic heterocycles. The lowest BCUT2D eigenvalue weighted by molar-refractivity contribution is 0.266. The first kappa shape index (κ1) is 26.0. The number of fused-ring (bicyclic) bond motifs is 1. The van der Waals surface area contributed by atoms with Crippen LogP contribution < -0.4 is 10.9 Å². The third kappa shape index (κ3) is 9.92. The summed E-state index contributed by atoms with van der Waals surface area (Å²) in [6.45, 7) is 21.0. The molecule has 0 aliphatic carbocycles. The Morgan fingerprint density at radius 1 is 1.23 bits per heavy atom. The Morgan fingerprint density at radius 2 is 1.85 bits per heavy atom. The molecule has 0 unspecified atom stereocenters. The zero-order valence-corrected chi connectivity index (χ0v) is 16.9. The second-order valence-corrected chi connectivity index (χ2v) is 4.51. The van der Waals surface area contributed by atoms with Gasteiger partial charge >= 0.3 is 7.12 Å². The van der Waals surface area contributed by atoms with E-state index in [0.29, 0.717) is 12.4 Å². The Morgan fingerprint density at radius 3 is 2.38 bits per heavy atom. The smallest absolute Gasteiger partial charge is 0.423 e. The lowest BCUT2D eigenvalue weighted by atomic mass is 9.73. The highest BCUT2D eigenvalue weighted by molar-refractivity contribution is 6.61. The van der Waals surface area contributed by atoms with E-state index in [4.69, 9.17) is 9.49 Å². The normalized spacial score (nSPS) is 11.6. The van der Waals surface area contributed by atoms with E-state index in [2.05, 4.69) is 25.2 Å². The zero-order valence-electron chi connectivity index (χ0n) is 16.9. The van der Waals surface area contributed by atoms with Gasteiger partial charge in [-0.1, -0.05) is 59.1 Å². The molecule has 0 fully saturated rings. The van der Waals surface area contributed by atoms with Gasteiger partial charge in [0.1, 0.15) is 0 Å². The molecule has 0 amide bonds. The van der Waals surface area contributed by atoms with Crippen molar-refractivity contribution in [3.63, 3.8) is 0 Å². The number of hydrogen-bond donors (Lipinski definition) is 2. The Labute approximate surface area is 160 Å². The average Bonchev–Trinajstić information content (AvgIpc) is 2.69. The van der Waals surface area contributed by atoms with Gasteiger partial charge in [0.05, 0.1) is 5.69 Å². The number of rotatable bonds is 5. The number of anilines is 1. The standard InChI is InChI=1S/C14H16BNO3.C3H6.2C2H6/c1-3-5-13(4-2)19-16-12-7-6-11-8-9-18-15(17)14(11)10-12;1-3-2;2*1-2/h3-7,10,16-17H,1-2,8-9H2;3H,1H2,2H3;2*1-2H3/b13-5+;;;. The summed E-state index contributed by atoms with van der Waals surface area (Å²) in [7, 11) is -0.868. The Balaban J connectivity index is 0. The highest BCUT2D eigenvalue weighted by atomic mass is 16.6. The quantitative estimate of drug-likeness (QED) is 0.261. The second kappa shape index (κ2) is 17.6. The molecule has 0 saturated carbocycles.